The molecule has 2 N–H and O–H groups in total. The Labute approximate surface area is 113 Å². The lowest BCUT2D eigenvalue weighted by Gasteiger charge is -2.15. The molecule has 0 bridgehead atoms. The predicted molar refractivity (Wildman–Crippen MR) is 75.3 cm³/mol. The lowest BCUT2D eigenvalue weighted by molar-refractivity contribution is 0.0936. The molecule has 3 nitrogen and oxygen atoms in total. The highest BCUT2D eigenvalue weighted by Gasteiger charge is 2.39. The van der Waals surface area contributed by atoms with Gasteiger partial charge in [-0.3, -0.25) is 4.79 Å². The Kier molecular flexibility index (Phi) is 3.81. The van der Waals surface area contributed by atoms with Gasteiger partial charge in [-0.15, -0.1) is 0 Å². The van der Waals surface area contributed by atoms with Crippen molar-refractivity contribution in [3.05, 3.63) is 28.8 Å². The zero-order valence-corrected chi connectivity index (χ0v) is 11.6. The molecule has 0 aliphatic heterocycles. The molecule has 1 aliphatic carbocycles. The summed E-state index contributed by atoms with van der Waals surface area (Å²) < 4.78 is 0. The van der Waals surface area contributed by atoms with Crippen molar-refractivity contribution in [2.24, 2.45) is 0 Å². The molecule has 98 valence electrons. The Morgan fingerprint density at radius 2 is 2.17 bits per heavy atom. The van der Waals surface area contributed by atoms with Crippen molar-refractivity contribution >= 4 is 23.2 Å². The number of carbonyl (C=O) groups is 1. The van der Waals surface area contributed by atoms with E-state index in [4.69, 9.17) is 11.6 Å². The minimum absolute atomic E-state index is 0.0125. The normalized spacial score (nSPS) is 16.2. The second-order valence-corrected chi connectivity index (χ2v) is 5.57. The summed E-state index contributed by atoms with van der Waals surface area (Å²) in [5.74, 6) is -0.0453. The number of halogens is 1. The monoisotopic (exact) mass is 266 g/mol. The van der Waals surface area contributed by atoms with Gasteiger partial charge in [-0.05, 0) is 44.4 Å². The van der Waals surface area contributed by atoms with Crippen LogP contribution in [0.1, 0.15) is 43.5 Å². The Morgan fingerprint density at radius 3 is 2.78 bits per heavy atom. The molecular weight excluding hydrogens is 248 g/mol. The van der Waals surface area contributed by atoms with Gasteiger partial charge in [0.15, 0.2) is 0 Å². The standard InChI is InChI=1S/C14H19ClN2O/c1-3-8-16-12-5-4-10(15)9-11(12)13(18)17-14(2)6-7-14/h4-5,9,16H,3,6-8H2,1-2H3,(H,17,18). The van der Waals surface area contributed by atoms with E-state index in [0.717, 1.165) is 31.5 Å². The van der Waals surface area contributed by atoms with Crippen molar-refractivity contribution in [2.45, 2.75) is 38.6 Å². The van der Waals surface area contributed by atoms with Crippen LogP contribution in [0.4, 0.5) is 5.69 Å². The first-order valence-electron chi connectivity index (χ1n) is 6.40. The predicted octanol–water partition coefficient (Wildman–Crippen LogP) is 3.44. The molecule has 4 heteroatoms. The van der Waals surface area contributed by atoms with E-state index in [1.165, 1.54) is 0 Å². The second kappa shape index (κ2) is 5.19. The molecule has 0 radical (unpaired) electrons. The fourth-order valence-corrected chi connectivity index (χ4v) is 1.94. The molecule has 1 saturated carbocycles. The van der Waals surface area contributed by atoms with E-state index in [0.29, 0.717) is 10.6 Å². The van der Waals surface area contributed by atoms with Gasteiger partial charge in [0.05, 0.1) is 5.56 Å². The van der Waals surface area contributed by atoms with Gasteiger partial charge in [0, 0.05) is 22.8 Å². The van der Waals surface area contributed by atoms with E-state index in [1.54, 1.807) is 12.1 Å². The number of hydrogen-bond donors (Lipinski definition) is 2. The van der Waals surface area contributed by atoms with Gasteiger partial charge < -0.3 is 10.6 Å². The van der Waals surface area contributed by atoms with Crippen LogP contribution in [0.5, 0.6) is 0 Å². The third-order valence-corrected chi connectivity index (χ3v) is 3.44. The molecule has 18 heavy (non-hydrogen) atoms. The van der Waals surface area contributed by atoms with E-state index < -0.39 is 0 Å². The highest BCUT2D eigenvalue weighted by molar-refractivity contribution is 6.31. The molecule has 1 aromatic carbocycles. The number of rotatable bonds is 5. The lowest BCUT2D eigenvalue weighted by Crippen LogP contribution is -2.34. The fraction of sp³-hybridized carbons (Fsp3) is 0.500. The summed E-state index contributed by atoms with van der Waals surface area (Å²) in [6, 6.07) is 5.39. The fourth-order valence-electron chi connectivity index (χ4n) is 1.77. The van der Waals surface area contributed by atoms with Crippen LogP contribution >= 0.6 is 11.6 Å². The summed E-state index contributed by atoms with van der Waals surface area (Å²) in [6.45, 7) is 5.00. The van der Waals surface area contributed by atoms with Crippen LogP contribution in [0, 0.1) is 0 Å². The summed E-state index contributed by atoms with van der Waals surface area (Å²) in [6.07, 6.45) is 3.12. The quantitative estimate of drug-likeness (QED) is 0.857. The van der Waals surface area contributed by atoms with Crippen LogP contribution < -0.4 is 10.6 Å². The van der Waals surface area contributed by atoms with Crippen molar-refractivity contribution < 1.29 is 4.79 Å². The molecule has 1 aromatic rings. The van der Waals surface area contributed by atoms with Crippen molar-refractivity contribution in [1.29, 1.82) is 0 Å². The summed E-state index contributed by atoms with van der Waals surface area (Å²) in [7, 11) is 0. The molecule has 0 heterocycles. The van der Waals surface area contributed by atoms with E-state index in [2.05, 4.69) is 24.5 Å². The van der Waals surface area contributed by atoms with Crippen LogP contribution in [0.2, 0.25) is 5.02 Å². The Morgan fingerprint density at radius 1 is 1.44 bits per heavy atom. The van der Waals surface area contributed by atoms with E-state index >= 15 is 0 Å². The number of hydrogen-bond acceptors (Lipinski definition) is 2. The molecule has 0 unspecified atom stereocenters. The first-order chi connectivity index (χ1) is 8.54. The number of amides is 1. The molecule has 1 amide bonds. The van der Waals surface area contributed by atoms with Crippen LogP contribution in [-0.4, -0.2) is 18.0 Å². The van der Waals surface area contributed by atoms with Crippen molar-refractivity contribution in [1.82, 2.24) is 5.32 Å². The van der Waals surface area contributed by atoms with E-state index in [-0.39, 0.29) is 11.4 Å². The second-order valence-electron chi connectivity index (χ2n) is 5.13. The minimum atomic E-state index is -0.0453. The van der Waals surface area contributed by atoms with Gasteiger partial charge in [-0.25, -0.2) is 0 Å². The Balaban J connectivity index is 2.17. The first-order valence-corrected chi connectivity index (χ1v) is 6.78. The highest BCUT2D eigenvalue weighted by Crippen LogP contribution is 2.35. The topological polar surface area (TPSA) is 41.1 Å². The number of benzene rings is 1. The average molecular weight is 267 g/mol. The van der Waals surface area contributed by atoms with Crippen LogP contribution in [0.3, 0.4) is 0 Å². The maximum Gasteiger partial charge on any atom is 0.253 e. The SMILES string of the molecule is CCCNc1ccc(Cl)cc1C(=O)NC1(C)CC1. The molecule has 2 rings (SSSR count). The number of carbonyl (C=O) groups excluding carboxylic acids is 1. The molecule has 0 saturated heterocycles. The lowest BCUT2D eigenvalue weighted by atomic mass is 10.1. The van der Waals surface area contributed by atoms with E-state index in [9.17, 15) is 4.79 Å². The Bertz CT molecular complexity index is 455. The summed E-state index contributed by atoms with van der Waals surface area (Å²) in [5.41, 5.74) is 1.47. The van der Waals surface area contributed by atoms with Crippen molar-refractivity contribution in [3.8, 4) is 0 Å². The largest absolute Gasteiger partial charge is 0.384 e. The molecule has 1 fully saturated rings. The zero-order valence-electron chi connectivity index (χ0n) is 10.8. The first kappa shape index (κ1) is 13.2. The third-order valence-electron chi connectivity index (χ3n) is 3.21. The van der Waals surface area contributed by atoms with Crippen LogP contribution in [0.15, 0.2) is 18.2 Å². The van der Waals surface area contributed by atoms with Gasteiger partial charge in [-0.2, -0.15) is 0 Å². The summed E-state index contributed by atoms with van der Waals surface area (Å²) >= 11 is 5.97. The van der Waals surface area contributed by atoms with Crippen molar-refractivity contribution in [3.63, 3.8) is 0 Å². The van der Waals surface area contributed by atoms with Gasteiger partial charge >= 0.3 is 0 Å². The molecular formula is C14H19ClN2O. The minimum Gasteiger partial charge on any atom is -0.384 e. The summed E-state index contributed by atoms with van der Waals surface area (Å²) in [5, 5.41) is 6.90. The molecule has 0 aromatic heterocycles. The van der Waals surface area contributed by atoms with Gasteiger partial charge in [-0.1, -0.05) is 18.5 Å². The van der Waals surface area contributed by atoms with Crippen molar-refractivity contribution in [2.75, 3.05) is 11.9 Å². The zero-order chi connectivity index (χ0) is 13.2. The average Bonchev–Trinajstić information content (AvgIpc) is 3.05. The van der Waals surface area contributed by atoms with Gasteiger partial charge in [0.25, 0.3) is 5.91 Å². The molecule has 1 aliphatic rings. The number of anilines is 1. The third kappa shape index (κ3) is 3.16. The molecule has 0 atom stereocenters. The maximum absolute atomic E-state index is 12.2. The maximum atomic E-state index is 12.2. The summed E-state index contributed by atoms with van der Waals surface area (Å²) in [4.78, 5) is 12.2. The number of nitrogens with one attached hydrogen (secondary N) is 2. The highest BCUT2D eigenvalue weighted by atomic mass is 35.5. The molecule has 0 spiro atoms. The van der Waals surface area contributed by atoms with Crippen LogP contribution in [0.25, 0.3) is 0 Å². The van der Waals surface area contributed by atoms with Gasteiger partial charge in [0.1, 0.15) is 0 Å². The van der Waals surface area contributed by atoms with E-state index in [1.807, 2.05) is 6.07 Å². The van der Waals surface area contributed by atoms with Gasteiger partial charge in [0.2, 0.25) is 0 Å². The smallest absolute Gasteiger partial charge is 0.253 e. The Hall–Kier alpha value is -1.22. The van der Waals surface area contributed by atoms with Crippen LogP contribution in [-0.2, 0) is 0 Å².